The van der Waals surface area contributed by atoms with Gasteiger partial charge in [-0.15, -0.1) is 0 Å². The first-order valence-electron chi connectivity index (χ1n) is 10.3. The van der Waals surface area contributed by atoms with Crippen LogP contribution in [0.5, 0.6) is 0 Å². The van der Waals surface area contributed by atoms with Crippen LogP contribution >= 0.6 is 0 Å². The predicted octanol–water partition coefficient (Wildman–Crippen LogP) is 2.81. The summed E-state index contributed by atoms with van der Waals surface area (Å²) in [5.41, 5.74) is 2.88. The Morgan fingerprint density at radius 1 is 1.10 bits per heavy atom. The van der Waals surface area contributed by atoms with Gasteiger partial charge < -0.3 is 10.1 Å². The Labute approximate surface area is 176 Å². The summed E-state index contributed by atoms with van der Waals surface area (Å²) < 4.78 is 7.49. The quantitative estimate of drug-likeness (QED) is 0.683. The minimum absolute atomic E-state index is 0.141. The molecule has 1 saturated heterocycles. The molecule has 4 rings (SSSR count). The third kappa shape index (κ3) is 4.93. The Balaban J connectivity index is 1.38. The maximum absolute atomic E-state index is 12.6. The Hall–Kier alpha value is -3.03. The van der Waals surface area contributed by atoms with Crippen LogP contribution in [-0.2, 0) is 17.8 Å². The Morgan fingerprint density at radius 2 is 1.87 bits per heavy atom. The van der Waals surface area contributed by atoms with Crippen LogP contribution in [0, 0.1) is 0 Å². The summed E-state index contributed by atoms with van der Waals surface area (Å²) in [6.07, 6.45) is 5.55. The smallest absolute Gasteiger partial charge is 0.253 e. The van der Waals surface area contributed by atoms with E-state index < -0.39 is 0 Å². The van der Waals surface area contributed by atoms with Gasteiger partial charge in [0.2, 0.25) is 0 Å². The number of carbonyl (C=O) groups is 1. The van der Waals surface area contributed by atoms with Crippen LogP contribution in [0.1, 0.15) is 35.3 Å². The molecule has 2 atom stereocenters. The molecule has 0 radical (unpaired) electrons. The summed E-state index contributed by atoms with van der Waals surface area (Å²) in [5, 5.41) is 7.17. The zero-order chi connectivity index (χ0) is 20.9. The van der Waals surface area contributed by atoms with E-state index in [1.165, 1.54) is 5.56 Å². The van der Waals surface area contributed by atoms with Gasteiger partial charge in [-0.3, -0.25) is 9.69 Å². The first-order valence-corrected chi connectivity index (χ1v) is 10.3. The molecule has 1 aliphatic heterocycles. The molecule has 3 aromatic rings. The Morgan fingerprint density at radius 3 is 2.53 bits per heavy atom. The number of benzene rings is 1. The molecule has 30 heavy (non-hydrogen) atoms. The van der Waals surface area contributed by atoms with Gasteiger partial charge >= 0.3 is 0 Å². The fourth-order valence-corrected chi connectivity index (χ4v) is 3.88. The summed E-state index contributed by atoms with van der Waals surface area (Å²) in [6, 6.07) is 13.6. The number of pyridine rings is 1. The van der Waals surface area contributed by atoms with E-state index in [0.29, 0.717) is 17.9 Å². The maximum atomic E-state index is 12.6. The van der Waals surface area contributed by atoms with Crippen LogP contribution in [0.3, 0.4) is 0 Å². The topological polar surface area (TPSA) is 72.3 Å². The van der Waals surface area contributed by atoms with Gasteiger partial charge in [0, 0.05) is 44.8 Å². The average Bonchev–Trinajstić information content (AvgIpc) is 3.27. The van der Waals surface area contributed by atoms with Crippen molar-refractivity contribution in [2.24, 2.45) is 0 Å². The van der Waals surface area contributed by atoms with E-state index in [2.05, 4.69) is 46.3 Å². The van der Waals surface area contributed by atoms with E-state index in [1.807, 2.05) is 24.4 Å². The minimum Gasteiger partial charge on any atom is -0.373 e. The summed E-state index contributed by atoms with van der Waals surface area (Å²) in [6.45, 7) is 7.38. The predicted molar refractivity (Wildman–Crippen MR) is 114 cm³/mol. The van der Waals surface area contributed by atoms with Crippen molar-refractivity contribution in [2.75, 3.05) is 13.1 Å². The number of hydrogen-bond acceptors (Lipinski definition) is 5. The number of morpholine rings is 1. The molecule has 0 bridgehead atoms. The van der Waals surface area contributed by atoms with Gasteiger partial charge in [-0.05, 0) is 43.2 Å². The lowest BCUT2D eigenvalue weighted by Gasteiger charge is -2.35. The highest BCUT2D eigenvalue weighted by Crippen LogP contribution is 2.17. The molecular weight excluding hydrogens is 378 g/mol. The van der Waals surface area contributed by atoms with Crippen LogP contribution in [0.15, 0.2) is 61.1 Å². The van der Waals surface area contributed by atoms with Crippen LogP contribution < -0.4 is 5.32 Å². The van der Waals surface area contributed by atoms with Crippen molar-refractivity contribution in [3.63, 3.8) is 0 Å². The number of rotatable bonds is 6. The highest BCUT2D eigenvalue weighted by Gasteiger charge is 2.22. The molecule has 3 heterocycles. The van der Waals surface area contributed by atoms with E-state index in [-0.39, 0.29) is 18.1 Å². The van der Waals surface area contributed by atoms with Crippen molar-refractivity contribution >= 4 is 5.91 Å². The summed E-state index contributed by atoms with van der Waals surface area (Å²) in [4.78, 5) is 19.3. The second kappa shape index (κ2) is 9.19. The maximum Gasteiger partial charge on any atom is 0.253 e. The van der Waals surface area contributed by atoms with Gasteiger partial charge in [0.1, 0.15) is 0 Å². The lowest BCUT2D eigenvalue weighted by atomic mass is 10.1. The molecule has 2 aromatic heterocycles. The third-order valence-corrected chi connectivity index (χ3v) is 5.20. The Kier molecular flexibility index (Phi) is 6.21. The molecule has 156 valence electrons. The van der Waals surface area contributed by atoms with Crippen LogP contribution in [0.25, 0.3) is 5.82 Å². The lowest BCUT2D eigenvalue weighted by Crippen LogP contribution is -2.45. The SMILES string of the molecule is CC1CN(Cc2ccccc2CNC(=O)c2ccc(-n3cccn3)nc2)CC(C)O1. The molecule has 7 nitrogen and oxygen atoms in total. The zero-order valence-electron chi connectivity index (χ0n) is 17.4. The van der Waals surface area contributed by atoms with Gasteiger partial charge in [-0.1, -0.05) is 24.3 Å². The molecule has 0 aliphatic carbocycles. The number of nitrogens with one attached hydrogen (secondary N) is 1. The molecular formula is C23H27N5O2. The molecule has 2 unspecified atom stereocenters. The first-order chi connectivity index (χ1) is 14.6. The van der Waals surface area contributed by atoms with Gasteiger partial charge in [0.15, 0.2) is 5.82 Å². The lowest BCUT2D eigenvalue weighted by molar-refractivity contribution is -0.0705. The second-order valence-electron chi connectivity index (χ2n) is 7.76. The van der Waals surface area contributed by atoms with Crippen molar-refractivity contribution in [1.82, 2.24) is 25.0 Å². The fraction of sp³-hybridized carbons (Fsp3) is 0.348. The number of aromatic nitrogens is 3. The van der Waals surface area contributed by atoms with Gasteiger partial charge in [0.05, 0.1) is 17.8 Å². The van der Waals surface area contributed by atoms with Crippen molar-refractivity contribution in [3.05, 3.63) is 77.7 Å². The van der Waals surface area contributed by atoms with Crippen LogP contribution in [0.4, 0.5) is 0 Å². The highest BCUT2D eigenvalue weighted by molar-refractivity contribution is 5.93. The number of hydrogen-bond donors (Lipinski definition) is 1. The van der Waals surface area contributed by atoms with Gasteiger partial charge in [0.25, 0.3) is 5.91 Å². The van der Waals surface area contributed by atoms with E-state index in [9.17, 15) is 4.79 Å². The second-order valence-corrected chi connectivity index (χ2v) is 7.76. The van der Waals surface area contributed by atoms with Crippen molar-refractivity contribution < 1.29 is 9.53 Å². The number of carbonyl (C=O) groups excluding carboxylic acids is 1. The standard InChI is InChI=1S/C23H27N5O2/c1-17-14-27(15-18(2)30-17)16-21-7-4-3-6-19(21)12-25-23(29)20-8-9-22(24-13-20)28-11-5-10-26-28/h3-11,13,17-18H,12,14-16H2,1-2H3,(H,25,29). The molecule has 0 saturated carbocycles. The average molecular weight is 406 g/mol. The largest absolute Gasteiger partial charge is 0.373 e. The highest BCUT2D eigenvalue weighted by atomic mass is 16.5. The number of ether oxygens (including phenoxy) is 1. The summed E-state index contributed by atoms with van der Waals surface area (Å²) >= 11 is 0. The molecule has 1 N–H and O–H groups in total. The molecule has 1 amide bonds. The van der Waals surface area contributed by atoms with E-state index in [1.54, 1.807) is 29.2 Å². The first kappa shape index (κ1) is 20.3. The molecule has 1 aliphatic rings. The van der Waals surface area contributed by atoms with Crippen molar-refractivity contribution in [2.45, 2.75) is 39.1 Å². The molecule has 1 aromatic carbocycles. The van der Waals surface area contributed by atoms with Crippen LogP contribution in [0.2, 0.25) is 0 Å². The minimum atomic E-state index is -0.141. The van der Waals surface area contributed by atoms with E-state index in [0.717, 1.165) is 25.2 Å². The monoisotopic (exact) mass is 405 g/mol. The number of nitrogens with zero attached hydrogens (tertiary/aromatic N) is 4. The van der Waals surface area contributed by atoms with Gasteiger partial charge in [-0.2, -0.15) is 5.10 Å². The summed E-state index contributed by atoms with van der Waals surface area (Å²) in [7, 11) is 0. The molecule has 0 spiro atoms. The van der Waals surface area contributed by atoms with Gasteiger partial charge in [-0.25, -0.2) is 9.67 Å². The molecule has 1 fully saturated rings. The van der Waals surface area contributed by atoms with E-state index in [4.69, 9.17) is 4.74 Å². The van der Waals surface area contributed by atoms with Crippen molar-refractivity contribution in [3.8, 4) is 5.82 Å². The fourth-order valence-electron chi connectivity index (χ4n) is 3.88. The van der Waals surface area contributed by atoms with Crippen LogP contribution in [-0.4, -0.2) is 50.9 Å². The third-order valence-electron chi connectivity index (χ3n) is 5.20. The molecule has 7 heteroatoms. The van der Waals surface area contributed by atoms with E-state index >= 15 is 0 Å². The normalized spacial score (nSPS) is 19.5. The summed E-state index contributed by atoms with van der Waals surface area (Å²) in [5.74, 6) is 0.536. The zero-order valence-corrected chi connectivity index (χ0v) is 17.4. The Bertz CT molecular complexity index is 962. The van der Waals surface area contributed by atoms with Crippen molar-refractivity contribution in [1.29, 1.82) is 0 Å². The number of amides is 1.